The van der Waals surface area contributed by atoms with E-state index in [2.05, 4.69) is 0 Å². The molecule has 1 heterocycles. The molecule has 1 saturated heterocycles. The van der Waals surface area contributed by atoms with Gasteiger partial charge in [-0.2, -0.15) is 0 Å². The molecule has 0 unspecified atom stereocenters. The van der Waals surface area contributed by atoms with Crippen molar-refractivity contribution in [2.24, 2.45) is 0 Å². The maximum absolute atomic E-state index is 13.0. The number of methoxy groups -OCH3 is 2. The fourth-order valence-electron chi connectivity index (χ4n) is 3.13. The Balaban J connectivity index is 1.58. The number of para-hydroxylation sites is 1. The van der Waals surface area contributed by atoms with Crippen molar-refractivity contribution in [2.45, 2.75) is 0 Å². The third-order valence-electron chi connectivity index (χ3n) is 4.67. The van der Waals surface area contributed by atoms with Gasteiger partial charge in [0.25, 0.3) is 11.8 Å². The Kier molecular flexibility index (Phi) is 6.37. The normalized spacial score (nSPS) is 13.8. The van der Waals surface area contributed by atoms with Crippen molar-refractivity contribution in [3.05, 3.63) is 54.1 Å². The Hall–Kier alpha value is -3.22. The van der Waals surface area contributed by atoms with E-state index >= 15 is 0 Å². The van der Waals surface area contributed by atoms with Gasteiger partial charge in [-0.05, 0) is 24.3 Å². The van der Waals surface area contributed by atoms with Crippen molar-refractivity contribution in [3.8, 4) is 17.2 Å². The fourth-order valence-corrected chi connectivity index (χ4v) is 3.13. The minimum atomic E-state index is -0.165. The van der Waals surface area contributed by atoms with E-state index in [1.807, 2.05) is 30.3 Å². The van der Waals surface area contributed by atoms with Crippen LogP contribution < -0.4 is 14.2 Å². The van der Waals surface area contributed by atoms with Crippen LogP contribution >= 0.6 is 0 Å². The summed E-state index contributed by atoms with van der Waals surface area (Å²) in [7, 11) is 3.05. The van der Waals surface area contributed by atoms with Crippen LogP contribution in [0.5, 0.6) is 17.2 Å². The second-order valence-electron chi connectivity index (χ2n) is 6.31. The molecule has 0 spiro atoms. The number of piperazine rings is 1. The molecule has 0 bridgehead atoms. The van der Waals surface area contributed by atoms with Gasteiger partial charge in [0.1, 0.15) is 22.8 Å². The van der Waals surface area contributed by atoms with Crippen LogP contribution in [0.2, 0.25) is 0 Å². The number of amides is 2. The van der Waals surface area contributed by atoms with Crippen LogP contribution in [0, 0.1) is 0 Å². The predicted molar refractivity (Wildman–Crippen MR) is 104 cm³/mol. The highest BCUT2D eigenvalue weighted by Gasteiger charge is 2.28. The van der Waals surface area contributed by atoms with E-state index in [1.165, 1.54) is 14.2 Å². The van der Waals surface area contributed by atoms with Crippen LogP contribution in [0.3, 0.4) is 0 Å². The lowest BCUT2D eigenvalue weighted by atomic mass is 10.1. The first-order chi connectivity index (χ1) is 13.6. The molecule has 0 saturated carbocycles. The first kappa shape index (κ1) is 19.5. The molecule has 7 nitrogen and oxygen atoms in total. The lowest BCUT2D eigenvalue weighted by Gasteiger charge is -2.35. The lowest BCUT2D eigenvalue weighted by molar-refractivity contribution is -0.134. The largest absolute Gasteiger partial charge is 0.496 e. The number of hydrogen-bond donors (Lipinski definition) is 0. The number of nitrogens with zero attached hydrogens (tertiary/aromatic N) is 2. The summed E-state index contributed by atoms with van der Waals surface area (Å²) in [4.78, 5) is 28.8. The van der Waals surface area contributed by atoms with Crippen LogP contribution in [-0.2, 0) is 4.79 Å². The van der Waals surface area contributed by atoms with E-state index in [9.17, 15) is 9.59 Å². The molecule has 28 heavy (non-hydrogen) atoms. The molecule has 2 aromatic rings. The SMILES string of the molecule is COc1cccc(OC)c1C(=O)N1CCN(C(=O)COc2ccccc2)CC1. The van der Waals surface area contributed by atoms with Gasteiger partial charge in [0, 0.05) is 26.2 Å². The molecule has 0 aromatic heterocycles. The molecular weight excluding hydrogens is 360 g/mol. The molecule has 0 atom stereocenters. The zero-order chi connectivity index (χ0) is 19.9. The predicted octanol–water partition coefficient (Wildman–Crippen LogP) is 2.07. The summed E-state index contributed by atoms with van der Waals surface area (Å²) >= 11 is 0. The van der Waals surface area contributed by atoms with Crippen LogP contribution in [0.25, 0.3) is 0 Å². The van der Waals surface area contributed by atoms with Gasteiger partial charge in [-0.15, -0.1) is 0 Å². The van der Waals surface area contributed by atoms with Crippen molar-refractivity contribution in [1.82, 2.24) is 9.80 Å². The Labute approximate surface area is 164 Å². The Morgan fingerprint density at radius 3 is 1.96 bits per heavy atom. The van der Waals surface area contributed by atoms with Gasteiger partial charge in [-0.1, -0.05) is 24.3 Å². The van der Waals surface area contributed by atoms with Crippen molar-refractivity contribution in [3.63, 3.8) is 0 Å². The van der Waals surface area contributed by atoms with E-state index in [-0.39, 0.29) is 18.4 Å². The molecule has 2 aromatic carbocycles. The first-order valence-electron chi connectivity index (χ1n) is 9.10. The van der Waals surface area contributed by atoms with Gasteiger partial charge in [-0.3, -0.25) is 9.59 Å². The molecule has 0 aliphatic carbocycles. The van der Waals surface area contributed by atoms with Gasteiger partial charge >= 0.3 is 0 Å². The van der Waals surface area contributed by atoms with Crippen molar-refractivity contribution < 1.29 is 23.8 Å². The first-order valence-corrected chi connectivity index (χ1v) is 9.10. The summed E-state index contributed by atoms with van der Waals surface area (Å²) in [6, 6.07) is 14.5. The number of carbonyl (C=O) groups excluding carboxylic acids is 2. The highest BCUT2D eigenvalue weighted by Crippen LogP contribution is 2.29. The second-order valence-corrected chi connectivity index (χ2v) is 6.31. The van der Waals surface area contributed by atoms with Crippen molar-refractivity contribution in [2.75, 3.05) is 47.0 Å². The molecular formula is C21H24N2O5. The van der Waals surface area contributed by atoms with Gasteiger partial charge in [0.2, 0.25) is 0 Å². The summed E-state index contributed by atoms with van der Waals surface area (Å²) in [6.07, 6.45) is 0. The number of benzene rings is 2. The molecule has 1 aliphatic rings. The smallest absolute Gasteiger partial charge is 0.261 e. The quantitative estimate of drug-likeness (QED) is 0.763. The summed E-state index contributed by atoms with van der Waals surface area (Å²) < 4.78 is 16.2. The van der Waals surface area contributed by atoms with E-state index in [1.54, 1.807) is 28.0 Å². The maximum Gasteiger partial charge on any atom is 0.261 e. The molecule has 2 amide bonds. The highest BCUT2D eigenvalue weighted by atomic mass is 16.5. The Morgan fingerprint density at radius 1 is 0.821 bits per heavy atom. The third-order valence-corrected chi connectivity index (χ3v) is 4.67. The molecule has 1 aliphatic heterocycles. The van der Waals surface area contributed by atoms with E-state index in [0.29, 0.717) is 49.0 Å². The average Bonchev–Trinajstić information content (AvgIpc) is 2.77. The zero-order valence-electron chi connectivity index (χ0n) is 16.1. The summed E-state index contributed by atoms with van der Waals surface area (Å²) in [5.41, 5.74) is 0.402. The fraction of sp³-hybridized carbons (Fsp3) is 0.333. The molecule has 3 rings (SSSR count). The van der Waals surface area contributed by atoms with Gasteiger partial charge in [-0.25, -0.2) is 0 Å². The van der Waals surface area contributed by atoms with Crippen LogP contribution in [0.1, 0.15) is 10.4 Å². The minimum Gasteiger partial charge on any atom is -0.496 e. The van der Waals surface area contributed by atoms with Crippen molar-refractivity contribution >= 4 is 11.8 Å². The second kappa shape index (κ2) is 9.12. The molecule has 1 fully saturated rings. The van der Waals surface area contributed by atoms with Gasteiger partial charge in [0.15, 0.2) is 6.61 Å². The lowest BCUT2D eigenvalue weighted by Crippen LogP contribution is -2.51. The number of rotatable bonds is 6. The summed E-state index contributed by atoms with van der Waals surface area (Å²) in [5, 5.41) is 0. The van der Waals surface area contributed by atoms with E-state index in [0.717, 1.165) is 0 Å². The maximum atomic E-state index is 13.0. The van der Waals surface area contributed by atoms with Gasteiger partial charge in [0.05, 0.1) is 14.2 Å². The monoisotopic (exact) mass is 384 g/mol. The molecule has 0 radical (unpaired) electrons. The number of hydrogen-bond acceptors (Lipinski definition) is 5. The Morgan fingerprint density at radius 2 is 1.39 bits per heavy atom. The van der Waals surface area contributed by atoms with Crippen LogP contribution in [0.15, 0.2) is 48.5 Å². The van der Waals surface area contributed by atoms with Crippen molar-refractivity contribution in [1.29, 1.82) is 0 Å². The van der Waals surface area contributed by atoms with E-state index < -0.39 is 0 Å². The number of ether oxygens (including phenoxy) is 3. The van der Waals surface area contributed by atoms with E-state index in [4.69, 9.17) is 14.2 Å². The van der Waals surface area contributed by atoms with Crippen LogP contribution in [-0.4, -0.2) is 68.6 Å². The molecule has 148 valence electrons. The van der Waals surface area contributed by atoms with Crippen LogP contribution in [0.4, 0.5) is 0 Å². The third kappa shape index (κ3) is 4.36. The molecule has 7 heteroatoms. The zero-order valence-corrected chi connectivity index (χ0v) is 16.1. The average molecular weight is 384 g/mol. The summed E-state index contributed by atoms with van der Waals surface area (Å²) in [6.45, 7) is 1.78. The summed E-state index contributed by atoms with van der Waals surface area (Å²) in [5.74, 6) is 1.35. The Bertz CT molecular complexity index is 795. The molecule has 0 N–H and O–H groups in total. The standard InChI is InChI=1S/C21H24N2O5/c1-26-17-9-6-10-18(27-2)20(17)21(25)23-13-11-22(12-14-23)19(24)15-28-16-7-4-3-5-8-16/h3-10H,11-15H2,1-2H3. The number of carbonyl (C=O) groups is 2. The topological polar surface area (TPSA) is 68.3 Å². The minimum absolute atomic E-state index is 0.0156. The van der Waals surface area contributed by atoms with Gasteiger partial charge < -0.3 is 24.0 Å². The highest BCUT2D eigenvalue weighted by molar-refractivity contribution is 6.00.